The lowest BCUT2D eigenvalue weighted by Gasteiger charge is -2.06. The molecule has 0 aliphatic carbocycles. The number of carbonyl (C=O) groups is 1. The van der Waals surface area contributed by atoms with Crippen LogP contribution in [0.3, 0.4) is 0 Å². The maximum Gasteiger partial charge on any atom is 0.339 e. The molecule has 7 heteroatoms. The van der Waals surface area contributed by atoms with Crippen LogP contribution in [-0.2, 0) is 17.9 Å². The number of hydrogen-bond donors (Lipinski definition) is 1. The molecule has 0 unspecified atom stereocenters. The minimum atomic E-state index is -0.406. The van der Waals surface area contributed by atoms with Gasteiger partial charge in [0, 0.05) is 36.3 Å². The Hall–Kier alpha value is -3.19. The van der Waals surface area contributed by atoms with Crippen molar-refractivity contribution in [3.05, 3.63) is 65.1 Å². The van der Waals surface area contributed by atoms with Crippen molar-refractivity contribution in [1.29, 1.82) is 0 Å². The zero-order valence-electron chi connectivity index (χ0n) is 12.5. The molecule has 3 heterocycles. The molecule has 1 aromatic carbocycles. The van der Waals surface area contributed by atoms with Crippen molar-refractivity contribution in [3.8, 4) is 5.75 Å². The van der Waals surface area contributed by atoms with Crippen LogP contribution in [0.15, 0.2) is 47.7 Å². The third-order valence-electron chi connectivity index (χ3n) is 3.84. The van der Waals surface area contributed by atoms with Crippen LogP contribution >= 0.6 is 0 Å². The Balaban J connectivity index is 1.52. The fraction of sp³-hybridized carbons (Fsp3) is 0.118. The van der Waals surface area contributed by atoms with E-state index in [0.29, 0.717) is 23.4 Å². The SMILES string of the molecule is O=C(OCc1cn2ccc(OO)cc2n1)c1cccc2c1C=NC2. The molecule has 0 radical (unpaired) electrons. The van der Waals surface area contributed by atoms with Crippen LogP contribution < -0.4 is 4.89 Å². The van der Waals surface area contributed by atoms with E-state index in [9.17, 15) is 4.79 Å². The van der Waals surface area contributed by atoms with Gasteiger partial charge in [0.05, 0.1) is 17.8 Å². The van der Waals surface area contributed by atoms with Crippen LogP contribution in [0.4, 0.5) is 0 Å². The number of fused-ring (bicyclic) bond motifs is 2. The minimum Gasteiger partial charge on any atom is -0.456 e. The van der Waals surface area contributed by atoms with Crippen molar-refractivity contribution < 1.29 is 19.7 Å². The number of aromatic nitrogens is 2. The lowest BCUT2D eigenvalue weighted by atomic mass is 10.0. The Bertz CT molecular complexity index is 962. The van der Waals surface area contributed by atoms with Gasteiger partial charge >= 0.3 is 5.97 Å². The Morgan fingerprint density at radius 1 is 1.33 bits per heavy atom. The topological polar surface area (TPSA) is 85.4 Å². The number of aliphatic imine (C=N–C) groups is 1. The molecule has 1 aliphatic heterocycles. The first-order valence-electron chi connectivity index (χ1n) is 7.32. The summed E-state index contributed by atoms with van der Waals surface area (Å²) in [4.78, 5) is 25.0. The number of pyridine rings is 1. The summed E-state index contributed by atoms with van der Waals surface area (Å²) in [6.07, 6.45) is 5.15. The zero-order valence-corrected chi connectivity index (χ0v) is 12.5. The summed E-state index contributed by atoms with van der Waals surface area (Å²) in [5.74, 6) is -0.118. The van der Waals surface area contributed by atoms with Crippen molar-refractivity contribution >= 4 is 17.8 Å². The van der Waals surface area contributed by atoms with Crippen molar-refractivity contribution in [2.45, 2.75) is 13.2 Å². The summed E-state index contributed by atoms with van der Waals surface area (Å²) in [5, 5.41) is 8.67. The molecular formula is C17H13N3O4. The summed E-state index contributed by atoms with van der Waals surface area (Å²) < 4.78 is 7.12. The lowest BCUT2D eigenvalue weighted by Crippen LogP contribution is -2.08. The van der Waals surface area contributed by atoms with E-state index in [0.717, 1.165) is 11.1 Å². The monoisotopic (exact) mass is 323 g/mol. The molecule has 24 heavy (non-hydrogen) atoms. The van der Waals surface area contributed by atoms with Gasteiger partial charge in [0.15, 0.2) is 5.75 Å². The Labute approximate surface area is 136 Å². The van der Waals surface area contributed by atoms with Gasteiger partial charge in [-0.3, -0.25) is 4.99 Å². The van der Waals surface area contributed by atoms with Gasteiger partial charge in [0.2, 0.25) is 0 Å². The van der Waals surface area contributed by atoms with Gasteiger partial charge in [0.25, 0.3) is 0 Å². The molecule has 0 saturated heterocycles. The van der Waals surface area contributed by atoms with Crippen LogP contribution in [0.5, 0.6) is 5.75 Å². The van der Waals surface area contributed by atoms with Gasteiger partial charge in [0.1, 0.15) is 12.3 Å². The van der Waals surface area contributed by atoms with E-state index in [4.69, 9.17) is 9.99 Å². The van der Waals surface area contributed by atoms with E-state index in [1.54, 1.807) is 41.2 Å². The highest BCUT2D eigenvalue weighted by Gasteiger charge is 2.17. The highest BCUT2D eigenvalue weighted by Crippen LogP contribution is 2.20. The molecule has 1 N–H and O–H groups in total. The summed E-state index contributed by atoms with van der Waals surface area (Å²) in [7, 11) is 0. The highest BCUT2D eigenvalue weighted by molar-refractivity contribution is 6.01. The third-order valence-corrected chi connectivity index (χ3v) is 3.84. The molecule has 0 bridgehead atoms. The number of ether oxygens (including phenoxy) is 1. The predicted octanol–water partition coefficient (Wildman–Crippen LogP) is 2.48. The molecule has 120 valence electrons. The molecule has 0 spiro atoms. The third kappa shape index (κ3) is 2.50. The van der Waals surface area contributed by atoms with E-state index < -0.39 is 5.97 Å². The number of nitrogens with zero attached hydrogens (tertiary/aromatic N) is 3. The quantitative estimate of drug-likeness (QED) is 0.453. The van der Waals surface area contributed by atoms with Crippen molar-refractivity contribution in [3.63, 3.8) is 0 Å². The van der Waals surface area contributed by atoms with Crippen LogP contribution in [0.2, 0.25) is 0 Å². The van der Waals surface area contributed by atoms with Gasteiger partial charge in [-0.05, 0) is 11.6 Å². The number of imidazole rings is 1. The zero-order chi connectivity index (χ0) is 16.5. The first-order chi connectivity index (χ1) is 11.7. The van der Waals surface area contributed by atoms with Gasteiger partial charge < -0.3 is 14.0 Å². The van der Waals surface area contributed by atoms with Crippen LogP contribution in [-0.4, -0.2) is 26.8 Å². The second-order valence-corrected chi connectivity index (χ2v) is 5.38. The molecule has 0 fully saturated rings. The lowest BCUT2D eigenvalue weighted by molar-refractivity contribution is -0.137. The van der Waals surface area contributed by atoms with Crippen LogP contribution in [0, 0.1) is 0 Å². The van der Waals surface area contributed by atoms with Crippen LogP contribution in [0.25, 0.3) is 5.65 Å². The van der Waals surface area contributed by atoms with Crippen LogP contribution in [0.1, 0.15) is 27.2 Å². The van der Waals surface area contributed by atoms with Crippen molar-refractivity contribution in [1.82, 2.24) is 9.38 Å². The number of rotatable bonds is 4. The first-order valence-corrected chi connectivity index (χ1v) is 7.32. The van der Waals surface area contributed by atoms with Gasteiger partial charge in [-0.25, -0.2) is 15.0 Å². The molecule has 0 amide bonds. The van der Waals surface area contributed by atoms with Crippen molar-refractivity contribution in [2.24, 2.45) is 4.99 Å². The van der Waals surface area contributed by atoms with E-state index in [1.807, 2.05) is 12.1 Å². The maximum atomic E-state index is 12.3. The molecule has 7 nitrogen and oxygen atoms in total. The average Bonchev–Trinajstić information content (AvgIpc) is 3.24. The second kappa shape index (κ2) is 5.78. The molecular weight excluding hydrogens is 310 g/mol. The maximum absolute atomic E-state index is 12.3. The van der Waals surface area contributed by atoms with E-state index >= 15 is 0 Å². The van der Waals surface area contributed by atoms with Gasteiger partial charge in [-0.15, -0.1) is 0 Å². The minimum absolute atomic E-state index is 0.0522. The van der Waals surface area contributed by atoms with E-state index in [-0.39, 0.29) is 12.4 Å². The molecule has 2 aromatic heterocycles. The summed E-state index contributed by atoms with van der Waals surface area (Å²) >= 11 is 0. The number of esters is 1. The summed E-state index contributed by atoms with van der Waals surface area (Å²) in [6, 6.07) is 8.67. The van der Waals surface area contributed by atoms with E-state index in [2.05, 4.69) is 14.9 Å². The Morgan fingerprint density at radius 3 is 3.12 bits per heavy atom. The largest absolute Gasteiger partial charge is 0.456 e. The summed E-state index contributed by atoms with van der Waals surface area (Å²) in [6.45, 7) is 0.648. The second-order valence-electron chi connectivity index (χ2n) is 5.38. The first kappa shape index (κ1) is 14.4. The molecule has 4 rings (SSSR count). The van der Waals surface area contributed by atoms with Crippen molar-refractivity contribution in [2.75, 3.05) is 0 Å². The normalized spacial score (nSPS) is 12.4. The molecule has 3 aromatic rings. The highest BCUT2D eigenvalue weighted by atomic mass is 17.1. The fourth-order valence-corrected chi connectivity index (χ4v) is 2.68. The van der Waals surface area contributed by atoms with Gasteiger partial charge in [-0.1, -0.05) is 12.1 Å². The molecule has 0 saturated carbocycles. The summed E-state index contributed by atoms with van der Waals surface area (Å²) in [5.41, 5.74) is 3.53. The predicted molar refractivity (Wildman–Crippen MR) is 85.3 cm³/mol. The number of benzene rings is 1. The molecule has 0 atom stereocenters. The van der Waals surface area contributed by atoms with Gasteiger partial charge in [-0.2, -0.15) is 0 Å². The number of carbonyl (C=O) groups excluding carboxylic acids is 1. The standard InChI is InChI=1S/C17H13N3O4/c21-17(14-3-1-2-11-7-18-8-15(11)14)23-10-12-9-20-5-4-13(24-22)6-16(20)19-12/h1-6,8-9,22H,7,10H2. The molecule has 1 aliphatic rings. The van der Waals surface area contributed by atoms with E-state index in [1.165, 1.54) is 0 Å². The smallest absolute Gasteiger partial charge is 0.339 e. The number of hydrogen-bond acceptors (Lipinski definition) is 6. The Morgan fingerprint density at radius 2 is 2.25 bits per heavy atom. The Kier molecular flexibility index (Phi) is 3.47. The average molecular weight is 323 g/mol. The fourth-order valence-electron chi connectivity index (χ4n) is 2.68.